The van der Waals surface area contributed by atoms with Gasteiger partial charge in [0.1, 0.15) is 5.75 Å². The lowest BCUT2D eigenvalue weighted by Gasteiger charge is -2.11. The summed E-state index contributed by atoms with van der Waals surface area (Å²) in [5.41, 5.74) is 3.38. The molecule has 0 aromatic heterocycles. The fourth-order valence-corrected chi connectivity index (χ4v) is 2.98. The first kappa shape index (κ1) is 18.5. The molecule has 0 spiro atoms. The van der Waals surface area contributed by atoms with Crippen molar-refractivity contribution < 1.29 is 14.1 Å². The summed E-state index contributed by atoms with van der Waals surface area (Å²) in [6, 6.07) is 16.3. The van der Waals surface area contributed by atoms with Crippen molar-refractivity contribution >= 4 is 17.8 Å². The Bertz CT molecular complexity index is 677. The van der Waals surface area contributed by atoms with Crippen LogP contribution in [-0.2, 0) is 15.7 Å². The largest absolute Gasteiger partial charge is 0.495 e. The molecule has 0 heterocycles. The molecule has 128 valence electrons. The lowest BCUT2D eigenvalue weighted by Crippen LogP contribution is -2.02. The molecule has 6 heteroatoms. The molecule has 0 aliphatic carbocycles. The quantitative estimate of drug-likeness (QED) is 0.334. The van der Waals surface area contributed by atoms with Crippen LogP contribution in [0, 0.1) is 0 Å². The van der Waals surface area contributed by atoms with Gasteiger partial charge in [-0.2, -0.15) is 5.90 Å². The molecular formula is C18H22N2O3S. The third-order valence-corrected chi connectivity index (χ3v) is 4.19. The Morgan fingerprint density at radius 2 is 1.96 bits per heavy atom. The van der Waals surface area contributed by atoms with E-state index in [1.165, 1.54) is 5.56 Å². The summed E-state index contributed by atoms with van der Waals surface area (Å²) in [6.07, 6.45) is 0.748. The first-order valence-electron chi connectivity index (χ1n) is 7.59. The molecule has 0 radical (unpaired) electrons. The molecule has 0 bridgehead atoms. The van der Waals surface area contributed by atoms with Crippen LogP contribution in [0.4, 0.5) is 0 Å². The smallest absolute Gasteiger partial charge is 0.134 e. The van der Waals surface area contributed by atoms with Crippen molar-refractivity contribution in [2.75, 3.05) is 7.11 Å². The van der Waals surface area contributed by atoms with E-state index in [9.17, 15) is 0 Å². The molecule has 0 saturated carbocycles. The van der Waals surface area contributed by atoms with Crippen molar-refractivity contribution in [2.24, 2.45) is 10.9 Å². The maximum Gasteiger partial charge on any atom is 0.134 e. The predicted octanol–water partition coefficient (Wildman–Crippen LogP) is 4.29. The van der Waals surface area contributed by atoms with E-state index in [4.69, 9.17) is 20.0 Å². The standard InChI is InChI=1S/C18H22N2O3S/c1-13(20-14(2)16-7-5-4-6-8-16)11-15-9-10-17(21-3)18(12-15)24-23-22-19/h4-10,12,14H,11,19H2,1-3H3/b20-13+/t14-/m1/s1. The monoisotopic (exact) mass is 346 g/mol. The summed E-state index contributed by atoms with van der Waals surface area (Å²) in [5, 5.41) is 0. The Hall–Kier alpha value is -1.86. The van der Waals surface area contributed by atoms with Crippen molar-refractivity contribution in [3.63, 3.8) is 0 Å². The van der Waals surface area contributed by atoms with Crippen LogP contribution in [0.1, 0.15) is 31.0 Å². The van der Waals surface area contributed by atoms with Crippen LogP contribution in [0.15, 0.2) is 58.4 Å². The van der Waals surface area contributed by atoms with Crippen LogP contribution < -0.4 is 10.6 Å². The number of benzene rings is 2. The van der Waals surface area contributed by atoms with E-state index in [1.54, 1.807) is 7.11 Å². The second-order valence-corrected chi connectivity index (χ2v) is 6.10. The summed E-state index contributed by atoms with van der Waals surface area (Å²) in [6.45, 7) is 4.14. The van der Waals surface area contributed by atoms with Gasteiger partial charge in [-0.05, 0) is 37.1 Å². The molecule has 2 N–H and O–H groups in total. The third kappa shape index (κ3) is 5.35. The highest BCUT2D eigenvalue weighted by Gasteiger charge is 2.09. The fraction of sp³-hybridized carbons (Fsp3) is 0.278. The molecule has 5 nitrogen and oxygen atoms in total. The molecule has 2 rings (SSSR count). The highest BCUT2D eigenvalue weighted by Crippen LogP contribution is 2.31. The van der Waals surface area contributed by atoms with Crippen molar-refractivity contribution in [1.29, 1.82) is 0 Å². The van der Waals surface area contributed by atoms with E-state index in [2.05, 4.69) is 24.0 Å². The highest BCUT2D eigenvalue weighted by molar-refractivity contribution is 7.94. The second-order valence-electron chi connectivity index (χ2n) is 5.36. The average Bonchev–Trinajstić information content (AvgIpc) is 2.60. The molecule has 0 unspecified atom stereocenters. The van der Waals surface area contributed by atoms with Gasteiger partial charge in [0, 0.05) is 12.1 Å². The summed E-state index contributed by atoms with van der Waals surface area (Å²) >= 11 is 1.01. The summed E-state index contributed by atoms with van der Waals surface area (Å²) in [7, 11) is 1.61. The Labute approximate surface area is 146 Å². The highest BCUT2D eigenvalue weighted by atomic mass is 32.2. The van der Waals surface area contributed by atoms with E-state index in [0.29, 0.717) is 5.75 Å². The topological polar surface area (TPSA) is 66.1 Å². The Kier molecular flexibility index (Phi) is 7.27. The van der Waals surface area contributed by atoms with Crippen molar-refractivity contribution in [1.82, 2.24) is 0 Å². The Morgan fingerprint density at radius 3 is 2.62 bits per heavy atom. The SMILES string of the molecule is COc1ccc(C/C(C)=N/[C@H](C)c2ccccc2)cc1SOON. The van der Waals surface area contributed by atoms with Gasteiger partial charge in [0.2, 0.25) is 0 Å². The van der Waals surface area contributed by atoms with Crippen LogP contribution in [-0.4, -0.2) is 12.8 Å². The number of hydrogen-bond donors (Lipinski definition) is 1. The maximum absolute atomic E-state index is 5.30. The maximum atomic E-state index is 5.30. The fourth-order valence-electron chi connectivity index (χ4n) is 2.43. The zero-order valence-electron chi connectivity index (χ0n) is 14.1. The number of hydrogen-bond acceptors (Lipinski definition) is 6. The van der Waals surface area contributed by atoms with Gasteiger partial charge in [-0.3, -0.25) is 4.99 Å². The van der Waals surface area contributed by atoms with Gasteiger partial charge in [0.25, 0.3) is 0 Å². The summed E-state index contributed by atoms with van der Waals surface area (Å²) in [5.74, 6) is 5.60. The molecule has 0 fully saturated rings. The molecule has 0 aliphatic rings. The Balaban J connectivity index is 2.10. The lowest BCUT2D eigenvalue weighted by atomic mass is 10.1. The number of nitrogens with two attached hydrogens (primary N) is 1. The van der Waals surface area contributed by atoms with E-state index in [0.717, 1.165) is 34.6 Å². The zero-order chi connectivity index (χ0) is 17.4. The molecule has 2 aromatic rings. The second kappa shape index (κ2) is 9.44. The molecule has 1 atom stereocenters. The van der Waals surface area contributed by atoms with E-state index >= 15 is 0 Å². The van der Waals surface area contributed by atoms with Crippen molar-refractivity contribution in [3.05, 3.63) is 59.7 Å². The lowest BCUT2D eigenvalue weighted by molar-refractivity contribution is -0.195. The molecule has 2 aromatic carbocycles. The Morgan fingerprint density at radius 1 is 1.21 bits per heavy atom. The zero-order valence-corrected chi connectivity index (χ0v) is 14.9. The van der Waals surface area contributed by atoms with Gasteiger partial charge < -0.3 is 4.74 Å². The van der Waals surface area contributed by atoms with Crippen LogP contribution in [0.3, 0.4) is 0 Å². The molecule has 0 amide bonds. The molecule has 0 saturated heterocycles. The third-order valence-electron chi connectivity index (χ3n) is 3.55. The van der Waals surface area contributed by atoms with Gasteiger partial charge >= 0.3 is 0 Å². The number of rotatable bonds is 8. The number of methoxy groups -OCH3 is 1. The van der Waals surface area contributed by atoms with Crippen molar-refractivity contribution in [2.45, 2.75) is 31.2 Å². The van der Waals surface area contributed by atoms with E-state index < -0.39 is 0 Å². The van der Waals surface area contributed by atoms with Crippen LogP contribution >= 0.6 is 12.0 Å². The first-order valence-corrected chi connectivity index (χ1v) is 8.33. The first-order chi connectivity index (χ1) is 11.6. The molecule has 24 heavy (non-hydrogen) atoms. The predicted molar refractivity (Wildman–Crippen MR) is 96.9 cm³/mol. The normalized spacial score (nSPS) is 12.9. The number of ether oxygens (including phenoxy) is 1. The van der Waals surface area contributed by atoms with E-state index in [1.807, 2.05) is 43.3 Å². The molecule has 0 aliphatic heterocycles. The van der Waals surface area contributed by atoms with Gasteiger partial charge in [-0.25, -0.2) is 0 Å². The van der Waals surface area contributed by atoms with Crippen molar-refractivity contribution in [3.8, 4) is 5.75 Å². The number of nitrogens with zero attached hydrogens (tertiary/aromatic N) is 1. The van der Waals surface area contributed by atoms with Gasteiger partial charge in [0.05, 0.1) is 30.1 Å². The van der Waals surface area contributed by atoms with Gasteiger partial charge in [0.15, 0.2) is 0 Å². The van der Waals surface area contributed by atoms with Crippen LogP contribution in [0.2, 0.25) is 0 Å². The minimum atomic E-state index is 0.132. The number of aliphatic imine (C=N–C) groups is 1. The average molecular weight is 346 g/mol. The molecular weight excluding hydrogens is 324 g/mol. The van der Waals surface area contributed by atoms with Gasteiger partial charge in [-0.1, -0.05) is 36.4 Å². The van der Waals surface area contributed by atoms with Crippen LogP contribution in [0.5, 0.6) is 5.75 Å². The summed E-state index contributed by atoms with van der Waals surface area (Å²) in [4.78, 5) is 9.73. The summed E-state index contributed by atoms with van der Waals surface area (Å²) < 4.78 is 10.0. The van der Waals surface area contributed by atoms with E-state index in [-0.39, 0.29) is 6.04 Å². The minimum Gasteiger partial charge on any atom is -0.495 e. The minimum absolute atomic E-state index is 0.132. The van der Waals surface area contributed by atoms with Gasteiger partial charge in [-0.15, -0.1) is 9.32 Å². The van der Waals surface area contributed by atoms with Crippen LogP contribution in [0.25, 0.3) is 0 Å².